The quantitative estimate of drug-likeness (QED) is 0.370. The third-order valence-electron chi connectivity index (χ3n) is 3.31. The van der Waals surface area contributed by atoms with Gasteiger partial charge in [-0.05, 0) is 18.6 Å². The maximum atomic E-state index is 12.0. The Labute approximate surface area is 162 Å². The summed E-state index contributed by atoms with van der Waals surface area (Å²) in [5, 5.41) is 20.1. The minimum Gasteiger partial charge on any atom is -0.502 e. The molecule has 1 amide bonds. The van der Waals surface area contributed by atoms with Crippen molar-refractivity contribution in [1.29, 1.82) is 0 Å². The molecule has 138 valence electrons. The molecule has 9 heteroatoms. The van der Waals surface area contributed by atoms with Crippen LogP contribution in [0.3, 0.4) is 0 Å². The van der Waals surface area contributed by atoms with Crippen LogP contribution in [0.2, 0.25) is 0 Å². The fourth-order valence-electron chi connectivity index (χ4n) is 2.06. The maximum Gasteiger partial charge on any atom is 0.250 e. The van der Waals surface area contributed by atoms with Crippen molar-refractivity contribution in [3.05, 3.63) is 69.8 Å². The van der Waals surface area contributed by atoms with Crippen molar-refractivity contribution in [2.24, 2.45) is 0 Å². The number of aryl methyl sites for hydroxylation is 1. The third-order valence-corrected chi connectivity index (χ3v) is 5.30. The van der Waals surface area contributed by atoms with Gasteiger partial charge in [0.1, 0.15) is 12.0 Å². The lowest BCUT2D eigenvalue weighted by Gasteiger charge is -1.97. The fraction of sp³-hybridized carbons (Fsp3) is 0.111. The van der Waals surface area contributed by atoms with Gasteiger partial charge in [0.2, 0.25) is 16.5 Å². The normalized spacial score (nSPS) is 11.0. The Bertz CT molecular complexity index is 1040. The van der Waals surface area contributed by atoms with E-state index in [1.165, 1.54) is 35.2 Å². The number of nitrogens with zero attached hydrogens (tertiary/aromatic N) is 2. The van der Waals surface area contributed by atoms with Crippen LogP contribution in [0.4, 0.5) is 5.13 Å². The summed E-state index contributed by atoms with van der Waals surface area (Å²) in [5.41, 5.74) is 1.56. The molecule has 0 spiro atoms. The molecule has 2 heterocycles. The largest absolute Gasteiger partial charge is 0.502 e. The number of hydrogen-bond acceptors (Lipinski definition) is 8. The smallest absolute Gasteiger partial charge is 0.250 e. The molecule has 0 unspecified atom stereocenters. The summed E-state index contributed by atoms with van der Waals surface area (Å²) in [6.07, 6.45) is 4.17. The van der Waals surface area contributed by atoms with Crippen LogP contribution in [0.15, 0.2) is 56.2 Å². The molecule has 0 bridgehead atoms. The lowest BCUT2D eigenvalue weighted by molar-refractivity contribution is -0.111. The summed E-state index contributed by atoms with van der Waals surface area (Å²) in [6, 6.07) is 9.03. The molecular weight excluding hydrogens is 386 g/mol. The number of carbonyl (C=O) groups is 1. The maximum absolute atomic E-state index is 12.0. The summed E-state index contributed by atoms with van der Waals surface area (Å²) in [6.45, 7) is 1.99. The molecule has 0 aliphatic heterocycles. The van der Waals surface area contributed by atoms with E-state index in [4.69, 9.17) is 9.52 Å². The Kier molecular flexibility index (Phi) is 6.05. The van der Waals surface area contributed by atoms with Gasteiger partial charge in [0, 0.05) is 12.1 Å². The van der Waals surface area contributed by atoms with Crippen LogP contribution in [0.1, 0.15) is 16.9 Å². The van der Waals surface area contributed by atoms with Gasteiger partial charge in [-0.1, -0.05) is 52.9 Å². The van der Waals surface area contributed by atoms with Gasteiger partial charge in [-0.3, -0.25) is 14.9 Å². The molecule has 1 aromatic carbocycles. The number of thioether (sulfide) groups is 1. The first-order valence-corrected chi connectivity index (χ1v) is 9.62. The monoisotopic (exact) mass is 401 g/mol. The molecule has 0 radical (unpaired) electrons. The molecule has 0 saturated carbocycles. The van der Waals surface area contributed by atoms with Crippen molar-refractivity contribution in [2.45, 2.75) is 17.0 Å². The molecule has 27 heavy (non-hydrogen) atoms. The molecule has 3 aromatic rings. The highest BCUT2D eigenvalue weighted by atomic mass is 32.2. The van der Waals surface area contributed by atoms with E-state index in [1.807, 2.05) is 31.2 Å². The van der Waals surface area contributed by atoms with Gasteiger partial charge in [0.05, 0.1) is 5.75 Å². The van der Waals surface area contributed by atoms with Gasteiger partial charge in [-0.2, -0.15) is 0 Å². The van der Waals surface area contributed by atoms with E-state index in [9.17, 15) is 9.59 Å². The molecule has 0 aliphatic rings. The Morgan fingerprint density at radius 1 is 1.37 bits per heavy atom. The van der Waals surface area contributed by atoms with Crippen molar-refractivity contribution >= 4 is 40.2 Å². The zero-order valence-corrected chi connectivity index (χ0v) is 15.8. The van der Waals surface area contributed by atoms with Gasteiger partial charge in [0.25, 0.3) is 0 Å². The highest BCUT2D eigenvalue weighted by Crippen LogP contribution is 2.28. The van der Waals surface area contributed by atoms with Crippen LogP contribution < -0.4 is 10.7 Å². The second kappa shape index (κ2) is 8.65. The van der Waals surface area contributed by atoms with Crippen LogP contribution in [0, 0.1) is 6.92 Å². The number of aromatic nitrogens is 2. The Balaban J connectivity index is 1.54. The van der Waals surface area contributed by atoms with Crippen molar-refractivity contribution in [2.75, 3.05) is 5.32 Å². The Morgan fingerprint density at radius 2 is 2.22 bits per heavy atom. The predicted octanol–water partition coefficient (Wildman–Crippen LogP) is 3.45. The van der Waals surface area contributed by atoms with E-state index < -0.39 is 11.2 Å². The first-order valence-electron chi connectivity index (χ1n) is 7.82. The predicted molar refractivity (Wildman–Crippen MR) is 105 cm³/mol. The number of hydrogen-bond donors (Lipinski definition) is 2. The molecule has 2 aromatic heterocycles. The minimum absolute atomic E-state index is 0.297. The van der Waals surface area contributed by atoms with Crippen LogP contribution in [0.25, 0.3) is 6.08 Å². The summed E-state index contributed by atoms with van der Waals surface area (Å²) in [7, 11) is 0. The molecule has 3 rings (SSSR count). The highest BCUT2D eigenvalue weighted by Gasteiger charge is 2.09. The van der Waals surface area contributed by atoms with E-state index in [1.54, 1.807) is 6.08 Å². The van der Waals surface area contributed by atoms with Crippen molar-refractivity contribution < 1.29 is 14.3 Å². The van der Waals surface area contributed by atoms with Gasteiger partial charge in [-0.25, -0.2) is 0 Å². The van der Waals surface area contributed by atoms with E-state index in [0.717, 1.165) is 17.4 Å². The molecule has 0 aliphatic carbocycles. The Morgan fingerprint density at radius 3 is 3.00 bits per heavy atom. The van der Waals surface area contributed by atoms with E-state index in [2.05, 4.69) is 15.5 Å². The third kappa shape index (κ3) is 5.53. The van der Waals surface area contributed by atoms with Crippen molar-refractivity contribution in [3.63, 3.8) is 0 Å². The zero-order chi connectivity index (χ0) is 19.2. The standard InChI is InChI=1S/C18H15N3O4S2/c1-11-3-2-4-12(7-11)5-6-16(24)19-17-20-21-18(27-17)26-10-13-8-14(22)15(23)9-25-13/h2-9,23H,10H2,1H3,(H,19,20,24)/b6-5+. The number of benzene rings is 1. The minimum atomic E-state index is -0.498. The van der Waals surface area contributed by atoms with Crippen LogP contribution in [-0.4, -0.2) is 21.2 Å². The first-order chi connectivity index (χ1) is 13.0. The average molecular weight is 401 g/mol. The van der Waals surface area contributed by atoms with Gasteiger partial charge in [-0.15, -0.1) is 10.2 Å². The molecular formula is C18H15N3O4S2. The molecule has 0 saturated heterocycles. The molecule has 7 nitrogen and oxygen atoms in total. The first kappa shape index (κ1) is 18.9. The van der Waals surface area contributed by atoms with Gasteiger partial charge < -0.3 is 9.52 Å². The topological polar surface area (TPSA) is 105 Å². The van der Waals surface area contributed by atoms with E-state index >= 15 is 0 Å². The van der Waals surface area contributed by atoms with Crippen molar-refractivity contribution in [3.8, 4) is 5.75 Å². The second-order valence-corrected chi connectivity index (χ2v) is 7.69. The lowest BCUT2D eigenvalue weighted by Crippen LogP contribution is -2.07. The summed E-state index contributed by atoms with van der Waals surface area (Å²) >= 11 is 2.53. The van der Waals surface area contributed by atoms with E-state index in [-0.39, 0.29) is 5.91 Å². The number of carbonyl (C=O) groups excluding carboxylic acids is 1. The molecule has 0 fully saturated rings. The van der Waals surface area contributed by atoms with Crippen molar-refractivity contribution in [1.82, 2.24) is 10.2 Å². The average Bonchev–Trinajstić information content (AvgIpc) is 3.08. The lowest BCUT2D eigenvalue weighted by atomic mass is 10.1. The summed E-state index contributed by atoms with van der Waals surface area (Å²) in [5.74, 6) is 0.0348. The fourth-order valence-corrected chi connectivity index (χ4v) is 3.71. The molecule has 2 N–H and O–H groups in total. The van der Waals surface area contributed by atoms with E-state index in [0.29, 0.717) is 21.0 Å². The Hall–Kier alpha value is -2.91. The zero-order valence-electron chi connectivity index (χ0n) is 14.2. The second-order valence-electron chi connectivity index (χ2n) is 5.49. The highest BCUT2D eigenvalue weighted by molar-refractivity contribution is 8.00. The van der Waals surface area contributed by atoms with Crippen LogP contribution in [-0.2, 0) is 10.5 Å². The molecule has 0 atom stereocenters. The van der Waals surface area contributed by atoms with Crippen LogP contribution >= 0.6 is 23.1 Å². The van der Waals surface area contributed by atoms with Crippen LogP contribution in [0.5, 0.6) is 5.75 Å². The summed E-state index contributed by atoms with van der Waals surface area (Å²) < 4.78 is 5.74. The number of anilines is 1. The number of aromatic hydroxyl groups is 1. The number of nitrogens with one attached hydrogen (secondary N) is 1. The van der Waals surface area contributed by atoms with Gasteiger partial charge in [0.15, 0.2) is 10.1 Å². The van der Waals surface area contributed by atoms with Gasteiger partial charge >= 0.3 is 0 Å². The number of amides is 1. The SMILES string of the molecule is Cc1cccc(/C=C/C(=O)Nc2nnc(SCc3cc(=O)c(O)co3)s2)c1. The number of rotatable bonds is 6. The summed E-state index contributed by atoms with van der Waals surface area (Å²) in [4.78, 5) is 23.4.